The number of hydrogen-bond acceptors (Lipinski definition) is 12. The number of carbonyl (C=O) groups excluding carboxylic acids is 6. The number of imide groups is 2. The molecule has 0 saturated carbocycles. The molecule has 4 aliphatic heterocycles. The van der Waals surface area contributed by atoms with E-state index >= 15 is 0 Å². The maximum Gasteiger partial charge on any atom is 0.262 e. The minimum atomic E-state index is -1.28. The van der Waals surface area contributed by atoms with Gasteiger partial charge in [-0.05, 0) is 108 Å². The summed E-state index contributed by atoms with van der Waals surface area (Å²) in [6.45, 7) is 0. The van der Waals surface area contributed by atoms with Crippen LogP contribution < -0.4 is 38.5 Å². The Kier molecular flexibility index (Phi) is 10.4. The van der Waals surface area contributed by atoms with Gasteiger partial charge in [0.25, 0.3) is 35.4 Å². The third-order valence-electron chi connectivity index (χ3n) is 13.4. The molecular weight excluding hydrogens is 869 g/mol. The molecule has 4 aliphatic rings. The summed E-state index contributed by atoms with van der Waals surface area (Å²) in [5.41, 5.74) is 4.24. The second-order valence-electron chi connectivity index (χ2n) is 17.3. The SMILES string of the molecule is COc1ccc(C2C(N3C(=O)c4ccc5c6c(ccc(c46)C3=O)C(=O)N(C3C(=O)N(c4ccc(N(C)C)cc4)C3c3ccc(OC)c(OC)c3)C5=O)C(=O)N2c2ccc(N(C)C)cc2)cc1OC. The van der Waals surface area contributed by atoms with Crippen LogP contribution in [0.5, 0.6) is 23.0 Å². The lowest BCUT2D eigenvalue weighted by molar-refractivity contribution is -0.131. The Morgan fingerprint density at radius 2 is 0.676 bits per heavy atom. The van der Waals surface area contributed by atoms with Crippen molar-refractivity contribution >= 4 is 69.0 Å². The number of rotatable bonds is 12. The van der Waals surface area contributed by atoms with Gasteiger partial charge in [-0.15, -0.1) is 0 Å². The van der Waals surface area contributed by atoms with Crippen LogP contribution >= 0.6 is 0 Å². The summed E-state index contributed by atoms with van der Waals surface area (Å²) in [4.78, 5) is 97.5. The van der Waals surface area contributed by atoms with Crippen LogP contribution in [0.1, 0.15) is 64.6 Å². The highest BCUT2D eigenvalue weighted by atomic mass is 16.5. The van der Waals surface area contributed by atoms with E-state index in [4.69, 9.17) is 18.9 Å². The zero-order valence-electron chi connectivity index (χ0n) is 38.5. The van der Waals surface area contributed by atoms with Crippen molar-refractivity contribution in [2.24, 2.45) is 0 Å². The molecule has 0 aliphatic carbocycles. The molecule has 16 nitrogen and oxygen atoms in total. The van der Waals surface area contributed by atoms with E-state index in [1.807, 2.05) is 62.3 Å². The molecule has 16 heteroatoms. The number of benzene rings is 6. The van der Waals surface area contributed by atoms with Crippen LogP contribution in [0.15, 0.2) is 109 Å². The van der Waals surface area contributed by atoms with Crippen molar-refractivity contribution in [2.75, 3.05) is 76.2 Å². The summed E-state index contributed by atoms with van der Waals surface area (Å²) in [7, 11) is 13.6. The van der Waals surface area contributed by atoms with Gasteiger partial charge in [-0.1, -0.05) is 12.1 Å². The highest BCUT2D eigenvalue weighted by molar-refractivity contribution is 6.35. The number of hydrogen-bond donors (Lipinski definition) is 0. The Balaban J connectivity index is 1.03. The molecule has 4 heterocycles. The lowest BCUT2D eigenvalue weighted by Gasteiger charge is -2.52. The van der Waals surface area contributed by atoms with Crippen molar-refractivity contribution in [2.45, 2.75) is 24.2 Å². The van der Waals surface area contributed by atoms with Crippen molar-refractivity contribution in [3.8, 4) is 23.0 Å². The first-order valence-corrected chi connectivity index (χ1v) is 21.7. The summed E-state index contributed by atoms with van der Waals surface area (Å²) in [6.07, 6.45) is 0. The first kappa shape index (κ1) is 43.5. The quantitative estimate of drug-likeness (QED) is 0.0970. The number of ether oxygens (including phenoxy) is 4. The van der Waals surface area contributed by atoms with E-state index in [0.717, 1.165) is 21.2 Å². The van der Waals surface area contributed by atoms with E-state index < -0.39 is 59.6 Å². The van der Waals surface area contributed by atoms with Gasteiger partial charge >= 0.3 is 0 Å². The van der Waals surface area contributed by atoms with Gasteiger partial charge in [0.1, 0.15) is 12.1 Å². The van der Waals surface area contributed by atoms with E-state index in [1.54, 1.807) is 70.5 Å². The van der Waals surface area contributed by atoms with E-state index in [-0.39, 0.29) is 33.0 Å². The Hall–Kier alpha value is -8.40. The number of anilines is 4. The van der Waals surface area contributed by atoms with Crippen molar-refractivity contribution < 1.29 is 47.7 Å². The van der Waals surface area contributed by atoms with Crippen molar-refractivity contribution in [3.05, 3.63) is 143 Å². The van der Waals surface area contributed by atoms with Crippen LogP contribution in [0.4, 0.5) is 22.7 Å². The van der Waals surface area contributed by atoms with Crippen LogP contribution in [-0.4, -0.2) is 114 Å². The van der Waals surface area contributed by atoms with Gasteiger partial charge in [-0.2, -0.15) is 0 Å². The van der Waals surface area contributed by atoms with Gasteiger partial charge in [-0.3, -0.25) is 38.6 Å². The smallest absolute Gasteiger partial charge is 0.262 e. The average molecular weight is 915 g/mol. The molecule has 344 valence electrons. The Morgan fingerprint density at radius 3 is 0.956 bits per heavy atom. The van der Waals surface area contributed by atoms with Gasteiger partial charge in [0, 0.05) is 84.0 Å². The minimum absolute atomic E-state index is 0.0390. The van der Waals surface area contributed by atoms with Gasteiger partial charge in [0.2, 0.25) is 0 Å². The standard InChI is InChI=1S/C52H46N6O10/c1-53(2)29-11-15-31(16-12-29)55-43(27-9-23-37(65-5)39(25-27)67-7)45(51(55)63)57-47(59)33-19-21-35-42-36(22-20-34(41(33)42)48(57)60)50(62)58(49(35)61)46-44(28-10-24-38(66-6)40(26-28)68-8)56(52(46)64)32-17-13-30(14-18-32)54(3)4/h9-26,43-46H,1-8H3. The molecule has 10 rings (SSSR count). The fraction of sp³-hybridized carbons (Fsp3) is 0.231. The lowest BCUT2D eigenvalue weighted by atomic mass is 9.80. The van der Waals surface area contributed by atoms with Crippen LogP contribution in [-0.2, 0) is 9.59 Å². The average Bonchev–Trinajstić information content (AvgIpc) is 3.35. The predicted molar refractivity (Wildman–Crippen MR) is 254 cm³/mol. The maximum atomic E-state index is 14.9. The highest BCUT2D eigenvalue weighted by Crippen LogP contribution is 2.50. The van der Waals surface area contributed by atoms with Crippen molar-refractivity contribution in [1.82, 2.24) is 9.80 Å². The minimum Gasteiger partial charge on any atom is -0.493 e. The zero-order valence-corrected chi connectivity index (χ0v) is 38.5. The van der Waals surface area contributed by atoms with Gasteiger partial charge in [0.15, 0.2) is 23.0 Å². The summed E-state index contributed by atoms with van der Waals surface area (Å²) >= 11 is 0. The molecule has 0 bridgehead atoms. The normalized spacial score (nSPS) is 19.5. The molecule has 4 atom stereocenters. The van der Waals surface area contributed by atoms with Crippen LogP contribution in [0.3, 0.4) is 0 Å². The van der Waals surface area contributed by atoms with Crippen molar-refractivity contribution in [1.29, 1.82) is 0 Å². The number of β-lactam (4-membered cyclic amide) rings is 2. The van der Waals surface area contributed by atoms with E-state index in [2.05, 4.69) is 0 Å². The molecule has 0 N–H and O–H groups in total. The van der Waals surface area contributed by atoms with Crippen LogP contribution in [0.2, 0.25) is 0 Å². The number of amides is 6. The summed E-state index contributed by atoms with van der Waals surface area (Å²) in [5.74, 6) is -2.36. The molecule has 0 aromatic heterocycles. The zero-order chi connectivity index (χ0) is 48.0. The molecular formula is C52H46N6O10. The molecule has 6 aromatic carbocycles. The number of carbonyl (C=O) groups is 6. The second kappa shape index (κ2) is 16.2. The third-order valence-corrected chi connectivity index (χ3v) is 13.4. The predicted octanol–water partition coefficient (Wildman–Crippen LogP) is 6.51. The largest absolute Gasteiger partial charge is 0.493 e. The number of nitrogens with zero attached hydrogens (tertiary/aromatic N) is 6. The van der Waals surface area contributed by atoms with Gasteiger partial charge in [-0.25, -0.2) is 0 Å². The molecule has 4 unspecified atom stereocenters. The molecule has 0 radical (unpaired) electrons. The number of methoxy groups -OCH3 is 4. The van der Waals surface area contributed by atoms with Gasteiger partial charge in [0.05, 0.1) is 40.5 Å². The van der Waals surface area contributed by atoms with E-state index in [9.17, 15) is 28.8 Å². The molecule has 0 spiro atoms. The molecule has 68 heavy (non-hydrogen) atoms. The molecule has 2 saturated heterocycles. The molecule has 6 aromatic rings. The summed E-state index contributed by atoms with van der Waals surface area (Å²) < 4.78 is 22.2. The van der Waals surface area contributed by atoms with Gasteiger partial charge < -0.3 is 38.5 Å². The van der Waals surface area contributed by atoms with E-state index in [0.29, 0.717) is 45.5 Å². The molecule has 2 fully saturated rings. The third kappa shape index (κ3) is 6.27. The Morgan fingerprint density at radius 1 is 0.368 bits per heavy atom. The lowest BCUT2D eigenvalue weighted by Crippen LogP contribution is -2.69. The van der Waals surface area contributed by atoms with Crippen LogP contribution in [0, 0.1) is 0 Å². The first-order chi connectivity index (χ1) is 32.7. The maximum absolute atomic E-state index is 14.9. The topological polar surface area (TPSA) is 159 Å². The summed E-state index contributed by atoms with van der Waals surface area (Å²) in [5, 5.41) is 0.245. The fourth-order valence-electron chi connectivity index (χ4n) is 10.0. The van der Waals surface area contributed by atoms with Crippen LogP contribution in [0.25, 0.3) is 10.8 Å². The Labute approximate surface area is 391 Å². The first-order valence-electron chi connectivity index (χ1n) is 21.7. The van der Waals surface area contributed by atoms with Crippen molar-refractivity contribution in [3.63, 3.8) is 0 Å². The second-order valence-corrected chi connectivity index (χ2v) is 17.3. The highest BCUT2D eigenvalue weighted by Gasteiger charge is 2.59. The monoisotopic (exact) mass is 914 g/mol. The molecule has 6 amide bonds. The van der Waals surface area contributed by atoms with E-state index in [1.165, 1.54) is 52.7 Å². The summed E-state index contributed by atoms with van der Waals surface area (Å²) in [6, 6.07) is 26.6. The Bertz CT molecular complexity index is 2870. The fourth-order valence-corrected chi connectivity index (χ4v) is 10.0.